The Labute approximate surface area is 109 Å². The molecule has 0 N–H and O–H groups in total. The Hall–Kier alpha value is -1.82. The average Bonchev–Trinajstić information content (AvgIpc) is 2.74. The van der Waals surface area contributed by atoms with Crippen LogP contribution in [0.15, 0.2) is 59.7 Å². The topological polar surface area (TPSA) is 0 Å². The number of rotatable bonds is 1. The van der Waals surface area contributed by atoms with E-state index in [4.69, 9.17) is 0 Å². The Morgan fingerprint density at radius 3 is 2.33 bits per heavy atom. The van der Waals surface area contributed by atoms with Crippen LogP contribution in [0.3, 0.4) is 0 Å². The zero-order valence-electron chi connectivity index (χ0n) is 11.2. The Morgan fingerprint density at radius 2 is 1.61 bits per heavy atom. The van der Waals surface area contributed by atoms with Gasteiger partial charge in [-0.1, -0.05) is 65.3 Å². The molecule has 0 saturated heterocycles. The highest BCUT2D eigenvalue weighted by atomic mass is 14.3. The molecule has 1 unspecified atom stereocenters. The van der Waals surface area contributed by atoms with E-state index >= 15 is 0 Å². The van der Waals surface area contributed by atoms with Crippen molar-refractivity contribution >= 4 is 5.57 Å². The summed E-state index contributed by atoms with van der Waals surface area (Å²) in [5.41, 5.74) is 8.24. The third-order valence-electron chi connectivity index (χ3n) is 3.62. The molecule has 0 bridgehead atoms. The van der Waals surface area contributed by atoms with E-state index in [2.05, 4.69) is 69.4 Å². The van der Waals surface area contributed by atoms with Gasteiger partial charge in [-0.3, -0.25) is 0 Å². The van der Waals surface area contributed by atoms with Crippen molar-refractivity contribution < 1.29 is 0 Å². The highest BCUT2D eigenvalue weighted by Crippen LogP contribution is 2.39. The minimum Gasteiger partial charge on any atom is -0.0726 e. The minimum atomic E-state index is 0.454. The van der Waals surface area contributed by atoms with Crippen LogP contribution in [0.5, 0.6) is 0 Å². The molecule has 18 heavy (non-hydrogen) atoms. The van der Waals surface area contributed by atoms with Crippen LogP contribution in [0.4, 0.5) is 0 Å². The molecule has 2 aliphatic rings. The molecule has 0 heteroatoms. The summed E-state index contributed by atoms with van der Waals surface area (Å²) in [5, 5.41) is 0. The van der Waals surface area contributed by atoms with E-state index in [1.54, 1.807) is 0 Å². The van der Waals surface area contributed by atoms with Crippen LogP contribution < -0.4 is 0 Å². The Morgan fingerprint density at radius 1 is 0.889 bits per heavy atom. The molecule has 2 aliphatic carbocycles. The van der Waals surface area contributed by atoms with Crippen molar-refractivity contribution in [3.8, 4) is 0 Å². The molecular weight excluding hydrogens is 216 g/mol. The summed E-state index contributed by atoms with van der Waals surface area (Å²) in [7, 11) is 0. The van der Waals surface area contributed by atoms with Crippen LogP contribution in [-0.2, 0) is 0 Å². The highest BCUT2D eigenvalue weighted by Gasteiger charge is 2.22. The van der Waals surface area contributed by atoms with Gasteiger partial charge >= 0.3 is 0 Å². The molecule has 0 aliphatic heterocycles. The van der Waals surface area contributed by atoms with Gasteiger partial charge in [0, 0.05) is 5.92 Å². The van der Waals surface area contributed by atoms with Crippen molar-refractivity contribution in [2.45, 2.75) is 20.8 Å². The molecule has 0 heterocycles. The lowest BCUT2D eigenvalue weighted by Gasteiger charge is -2.22. The smallest absolute Gasteiger partial charge is 0.0278 e. The maximum atomic E-state index is 2.33. The van der Waals surface area contributed by atoms with Gasteiger partial charge in [0.1, 0.15) is 0 Å². The molecule has 90 valence electrons. The van der Waals surface area contributed by atoms with Crippen molar-refractivity contribution in [2.24, 2.45) is 5.92 Å². The first-order valence-corrected chi connectivity index (χ1v) is 6.50. The highest BCUT2D eigenvalue weighted by molar-refractivity contribution is 5.78. The van der Waals surface area contributed by atoms with Gasteiger partial charge in [0.15, 0.2) is 0 Å². The molecule has 1 atom stereocenters. The summed E-state index contributed by atoms with van der Waals surface area (Å²) < 4.78 is 0. The lowest BCUT2D eigenvalue weighted by atomic mass is 9.82. The van der Waals surface area contributed by atoms with Crippen molar-refractivity contribution in [3.05, 3.63) is 76.4 Å². The fraction of sp³-hybridized carbons (Fsp3) is 0.222. The maximum absolute atomic E-state index is 2.33. The van der Waals surface area contributed by atoms with Gasteiger partial charge in [0.05, 0.1) is 0 Å². The normalized spacial score (nSPS) is 21.3. The van der Waals surface area contributed by atoms with Gasteiger partial charge in [0.2, 0.25) is 0 Å². The zero-order valence-corrected chi connectivity index (χ0v) is 11.2. The summed E-state index contributed by atoms with van der Waals surface area (Å²) in [6, 6.07) is 6.82. The van der Waals surface area contributed by atoms with Crippen molar-refractivity contribution in [3.63, 3.8) is 0 Å². The Bertz CT molecular complexity index is 601. The Kier molecular flexibility index (Phi) is 2.59. The van der Waals surface area contributed by atoms with Gasteiger partial charge in [-0.15, -0.1) is 0 Å². The molecule has 0 aromatic heterocycles. The SMILES string of the molecule is CC1=CC2=CC=CC2C(c2cc(C)cc(C)c2)=C1. The number of aryl methyl sites for hydroxylation is 2. The summed E-state index contributed by atoms with van der Waals surface area (Å²) in [6.07, 6.45) is 11.3. The zero-order chi connectivity index (χ0) is 12.7. The van der Waals surface area contributed by atoms with Gasteiger partial charge in [-0.25, -0.2) is 0 Å². The number of fused-ring (bicyclic) bond motifs is 1. The van der Waals surface area contributed by atoms with Crippen molar-refractivity contribution in [2.75, 3.05) is 0 Å². The fourth-order valence-electron chi connectivity index (χ4n) is 2.96. The minimum absolute atomic E-state index is 0.454. The largest absolute Gasteiger partial charge is 0.0726 e. The molecule has 1 aromatic carbocycles. The van der Waals surface area contributed by atoms with Crippen LogP contribution in [0.1, 0.15) is 23.6 Å². The van der Waals surface area contributed by atoms with Crippen molar-refractivity contribution in [1.82, 2.24) is 0 Å². The van der Waals surface area contributed by atoms with E-state index in [9.17, 15) is 0 Å². The first-order chi connectivity index (χ1) is 8.63. The van der Waals surface area contributed by atoms with Crippen LogP contribution in [-0.4, -0.2) is 0 Å². The molecule has 0 amide bonds. The molecule has 0 fully saturated rings. The third-order valence-corrected chi connectivity index (χ3v) is 3.62. The Balaban J connectivity index is 2.13. The van der Waals surface area contributed by atoms with E-state index in [1.165, 1.54) is 33.4 Å². The second kappa shape index (κ2) is 4.13. The summed E-state index contributed by atoms with van der Waals surface area (Å²) >= 11 is 0. The van der Waals surface area contributed by atoms with Gasteiger partial charge in [-0.2, -0.15) is 0 Å². The third kappa shape index (κ3) is 1.88. The van der Waals surface area contributed by atoms with Crippen LogP contribution in [0.2, 0.25) is 0 Å². The van der Waals surface area contributed by atoms with Crippen LogP contribution in [0.25, 0.3) is 5.57 Å². The van der Waals surface area contributed by atoms with E-state index in [1.807, 2.05) is 0 Å². The molecule has 0 radical (unpaired) electrons. The lowest BCUT2D eigenvalue weighted by molar-refractivity contribution is 1.03. The van der Waals surface area contributed by atoms with Gasteiger partial charge in [0.25, 0.3) is 0 Å². The number of hydrogen-bond donors (Lipinski definition) is 0. The first-order valence-electron chi connectivity index (χ1n) is 6.50. The molecule has 1 aromatic rings. The van der Waals surface area contributed by atoms with Gasteiger partial charge < -0.3 is 0 Å². The molecule has 3 rings (SSSR count). The summed E-state index contributed by atoms with van der Waals surface area (Å²) in [4.78, 5) is 0. The quantitative estimate of drug-likeness (QED) is 0.657. The monoisotopic (exact) mass is 234 g/mol. The standard InChI is InChI=1S/C18H18/c1-12-7-13(2)10-16(9-12)18-11-14(3)8-15-5-4-6-17(15)18/h4-11,17H,1-3H3. The van der Waals surface area contributed by atoms with E-state index in [-0.39, 0.29) is 0 Å². The van der Waals surface area contributed by atoms with E-state index in [0.717, 1.165) is 0 Å². The summed E-state index contributed by atoms with van der Waals surface area (Å²) in [6.45, 7) is 6.52. The maximum Gasteiger partial charge on any atom is 0.0278 e. The number of benzene rings is 1. The first kappa shape index (κ1) is 11.3. The summed E-state index contributed by atoms with van der Waals surface area (Å²) in [5.74, 6) is 0.454. The molecule has 0 saturated carbocycles. The number of hydrogen-bond acceptors (Lipinski definition) is 0. The molecular formula is C18H18. The number of allylic oxidation sites excluding steroid dienone is 8. The second-order valence-corrected chi connectivity index (χ2v) is 5.39. The van der Waals surface area contributed by atoms with E-state index in [0.29, 0.717) is 5.92 Å². The second-order valence-electron chi connectivity index (χ2n) is 5.39. The average molecular weight is 234 g/mol. The lowest BCUT2D eigenvalue weighted by Crippen LogP contribution is -2.05. The van der Waals surface area contributed by atoms with Crippen molar-refractivity contribution in [1.29, 1.82) is 0 Å². The van der Waals surface area contributed by atoms with Crippen LogP contribution in [0, 0.1) is 19.8 Å². The van der Waals surface area contributed by atoms with E-state index < -0.39 is 0 Å². The predicted molar refractivity (Wildman–Crippen MR) is 78.4 cm³/mol. The molecule has 0 spiro atoms. The van der Waals surface area contributed by atoms with Gasteiger partial charge in [-0.05, 0) is 37.5 Å². The molecule has 0 nitrogen and oxygen atoms in total. The van der Waals surface area contributed by atoms with Crippen LogP contribution >= 0.6 is 0 Å². The predicted octanol–water partition coefficient (Wildman–Crippen LogP) is 4.76. The fourth-order valence-corrected chi connectivity index (χ4v) is 2.96.